The Morgan fingerprint density at radius 3 is 0.759 bits per heavy atom. The van der Waals surface area contributed by atoms with Crippen LogP contribution in [0, 0.1) is 0 Å². The molecule has 0 radical (unpaired) electrons. The lowest BCUT2D eigenvalue weighted by Crippen LogP contribution is -2.00. The monoisotopic (exact) mass is 1380 g/mol. The first kappa shape index (κ1) is 66.4. The summed E-state index contributed by atoms with van der Waals surface area (Å²) in [7, 11) is 0. The van der Waals surface area contributed by atoms with Crippen LogP contribution in [0.1, 0.15) is 0 Å². The number of hydrogen-bond acceptors (Lipinski definition) is 12. The molecule has 0 aliphatic rings. The SMILES string of the molecule is c1ccc(-c2ccc(-c3nc(-c4ccccc4)nc(-c4ccc(-c5cccc(-c6cc(-c7cccnc7)nc(-c7cccnc7)c6)c5)cc4)n3)cc2)cc1.c1ccc(-c2ccc(-c3nc(-c4ccccc4)nc(-c4ccc(-c5cccc(-c6cc(-c7ccncc7)nc(-c7ccccn7)c6)c5)cc4)n3)cc2)cc1. The maximum atomic E-state index is 4.99. The zero-order valence-corrected chi connectivity index (χ0v) is 58.3. The van der Waals surface area contributed by atoms with Gasteiger partial charge in [0.2, 0.25) is 0 Å². The van der Waals surface area contributed by atoms with E-state index < -0.39 is 0 Å². The highest BCUT2D eigenvalue weighted by Gasteiger charge is 2.18. The van der Waals surface area contributed by atoms with Gasteiger partial charge in [-0.05, 0) is 152 Å². The average molecular weight is 1390 g/mol. The summed E-state index contributed by atoms with van der Waals surface area (Å²) in [6, 6.07) is 118. The summed E-state index contributed by atoms with van der Waals surface area (Å²) in [5.74, 6) is 3.76. The second-order valence-corrected chi connectivity index (χ2v) is 25.7. The molecule has 8 heterocycles. The van der Waals surface area contributed by atoms with Gasteiger partial charge in [0.05, 0.1) is 28.5 Å². The maximum Gasteiger partial charge on any atom is 0.164 e. The van der Waals surface area contributed by atoms with Crippen LogP contribution < -0.4 is 0 Å². The van der Waals surface area contributed by atoms with E-state index in [1.807, 2.05) is 140 Å². The van der Waals surface area contributed by atoms with Crippen LogP contribution in [0.5, 0.6) is 0 Å². The van der Waals surface area contributed by atoms with Gasteiger partial charge in [-0.25, -0.2) is 39.9 Å². The van der Waals surface area contributed by atoms with E-state index in [1.165, 1.54) is 11.1 Å². The smallest absolute Gasteiger partial charge is 0.164 e. The highest BCUT2D eigenvalue weighted by molar-refractivity contribution is 5.83. The van der Waals surface area contributed by atoms with E-state index in [4.69, 9.17) is 39.9 Å². The van der Waals surface area contributed by atoms with Crippen molar-refractivity contribution in [2.45, 2.75) is 0 Å². The number of pyridine rings is 6. The lowest BCUT2D eigenvalue weighted by molar-refractivity contribution is 1.07. The largest absolute Gasteiger partial charge is 0.265 e. The van der Waals surface area contributed by atoms with E-state index in [-0.39, 0.29) is 0 Å². The molecule has 508 valence electrons. The fourth-order valence-electron chi connectivity index (χ4n) is 13.0. The molecule has 18 rings (SSSR count). The lowest BCUT2D eigenvalue weighted by Gasteiger charge is -2.12. The molecule has 12 nitrogen and oxygen atoms in total. The van der Waals surface area contributed by atoms with Gasteiger partial charge in [-0.1, -0.05) is 261 Å². The van der Waals surface area contributed by atoms with Gasteiger partial charge in [-0.15, -0.1) is 0 Å². The molecule has 0 aliphatic heterocycles. The molecule has 0 fully saturated rings. The van der Waals surface area contributed by atoms with Crippen LogP contribution in [0.4, 0.5) is 0 Å². The van der Waals surface area contributed by atoms with Crippen LogP contribution >= 0.6 is 0 Å². The molecule has 8 aromatic heterocycles. The Morgan fingerprint density at radius 2 is 0.407 bits per heavy atom. The second kappa shape index (κ2) is 31.0. The molecule has 18 aromatic rings. The average Bonchev–Trinajstić information content (AvgIpc) is 0.684. The van der Waals surface area contributed by atoms with Crippen molar-refractivity contribution in [2.75, 3.05) is 0 Å². The third-order valence-corrected chi connectivity index (χ3v) is 18.6. The second-order valence-electron chi connectivity index (χ2n) is 25.7. The Labute approximate surface area is 625 Å². The number of nitrogens with zero attached hydrogens (tertiary/aromatic N) is 12. The fraction of sp³-hybridized carbons (Fsp3) is 0. The summed E-state index contributed by atoms with van der Waals surface area (Å²) < 4.78 is 0. The molecule has 0 unspecified atom stereocenters. The normalized spacial score (nSPS) is 11.0. The summed E-state index contributed by atoms with van der Waals surface area (Å²) in [5, 5.41) is 0. The van der Waals surface area contributed by atoms with Crippen LogP contribution in [0.25, 0.3) is 180 Å². The lowest BCUT2D eigenvalue weighted by atomic mass is 9.96. The number of rotatable bonds is 16. The van der Waals surface area contributed by atoms with Gasteiger partial charge in [0.1, 0.15) is 0 Å². The zero-order chi connectivity index (χ0) is 72.2. The first-order chi connectivity index (χ1) is 53.5. The van der Waals surface area contributed by atoms with E-state index in [0.29, 0.717) is 34.9 Å². The fourth-order valence-corrected chi connectivity index (χ4v) is 13.0. The standard InChI is InChI=1S/2C48H32N6/c1-3-10-33(11-4-1)34-18-22-37(23-19-34)47-52-46(36-12-5-2-6-13-36)53-48(54-47)38-24-20-35(21-25-38)39-14-7-15-40(28-39)43-29-44(41-16-8-26-49-31-41)51-45(30-43)42-17-9-27-50-32-42;1-3-10-33(11-4-1)34-17-21-38(22-18-34)47-52-46(37-12-5-2-6-13-37)53-48(54-47)39-23-19-35(20-24-39)40-14-9-15-41(30-40)42-31-44(36-25-28-49-29-26-36)51-45(32-42)43-16-7-8-27-50-43/h2*1-32H. The highest BCUT2D eigenvalue weighted by Crippen LogP contribution is 2.37. The van der Waals surface area contributed by atoms with E-state index in [1.54, 1.807) is 31.0 Å². The quantitative estimate of drug-likeness (QED) is 0.0904. The van der Waals surface area contributed by atoms with E-state index >= 15 is 0 Å². The molecule has 0 saturated carbocycles. The highest BCUT2D eigenvalue weighted by atomic mass is 15.0. The van der Waals surface area contributed by atoms with Crippen LogP contribution in [-0.2, 0) is 0 Å². The molecule has 12 heteroatoms. The zero-order valence-electron chi connectivity index (χ0n) is 58.3. The molecule has 0 atom stereocenters. The van der Waals surface area contributed by atoms with Crippen LogP contribution in [-0.4, -0.2) is 59.8 Å². The van der Waals surface area contributed by atoms with Crippen molar-refractivity contribution in [2.24, 2.45) is 0 Å². The van der Waals surface area contributed by atoms with E-state index in [2.05, 4.69) is 238 Å². The van der Waals surface area contributed by atoms with Crippen molar-refractivity contribution in [3.63, 3.8) is 0 Å². The number of aromatic nitrogens is 12. The Balaban J connectivity index is 0.000000158. The molecule has 108 heavy (non-hydrogen) atoms. The van der Waals surface area contributed by atoms with Gasteiger partial charge in [0.25, 0.3) is 0 Å². The van der Waals surface area contributed by atoms with Crippen molar-refractivity contribution < 1.29 is 0 Å². The third kappa shape index (κ3) is 15.1. The first-order valence-electron chi connectivity index (χ1n) is 35.5. The summed E-state index contributed by atoms with van der Waals surface area (Å²) in [6.45, 7) is 0. The topological polar surface area (TPSA) is 155 Å². The third-order valence-electron chi connectivity index (χ3n) is 18.6. The van der Waals surface area contributed by atoms with Crippen molar-refractivity contribution in [1.29, 1.82) is 0 Å². The predicted molar refractivity (Wildman–Crippen MR) is 433 cm³/mol. The molecular formula is C96H64N12. The van der Waals surface area contributed by atoms with Crippen molar-refractivity contribution in [1.82, 2.24) is 59.8 Å². The molecular weight excluding hydrogens is 1320 g/mol. The predicted octanol–water partition coefficient (Wildman–Crippen LogP) is 22.8. The Kier molecular flexibility index (Phi) is 19.0. The summed E-state index contributed by atoms with van der Waals surface area (Å²) in [6.07, 6.45) is 12.6. The van der Waals surface area contributed by atoms with Gasteiger partial charge >= 0.3 is 0 Å². The van der Waals surface area contributed by atoms with Gasteiger partial charge in [0.15, 0.2) is 34.9 Å². The Morgan fingerprint density at radius 1 is 0.130 bits per heavy atom. The molecule has 0 aliphatic carbocycles. The first-order valence-corrected chi connectivity index (χ1v) is 35.5. The molecule has 10 aromatic carbocycles. The number of hydrogen-bond donors (Lipinski definition) is 0. The molecule has 0 bridgehead atoms. The number of benzene rings is 10. The van der Waals surface area contributed by atoms with Gasteiger partial charge in [-0.2, -0.15) is 0 Å². The molecule has 0 N–H and O–H groups in total. The summed E-state index contributed by atoms with van der Waals surface area (Å²) in [5.41, 5.74) is 25.9. The van der Waals surface area contributed by atoms with Crippen molar-refractivity contribution >= 4 is 0 Å². The minimum atomic E-state index is 0.619. The van der Waals surface area contributed by atoms with Crippen LogP contribution in [0.2, 0.25) is 0 Å². The molecule has 0 spiro atoms. The van der Waals surface area contributed by atoms with Crippen LogP contribution in [0.3, 0.4) is 0 Å². The van der Waals surface area contributed by atoms with Gasteiger partial charge < -0.3 is 0 Å². The Hall–Kier alpha value is -14.9. The Bertz CT molecular complexity index is 5600. The van der Waals surface area contributed by atoms with Crippen molar-refractivity contribution in [3.05, 3.63) is 389 Å². The van der Waals surface area contributed by atoms with Crippen LogP contribution in [0.15, 0.2) is 389 Å². The van der Waals surface area contributed by atoms with E-state index in [9.17, 15) is 0 Å². The summed E-state index contributed by atoms with van der Waals surface area (Å²) >= 11 is 0. The minimum absolute atomic E-state index is 0.619. The summed E-state index contributed by atoms with van der Waals surface area (Å²) in [4.78, 5) is 57.2. The molecule has 0 saturated heterocycles. The van der Waals surface area contributed by atoms with Gasteiger partial charge in [-0.3, -0.25) is 19.9 Å². The van der Waals surface area contributed by atoms with Crippen molar-refractivity contribution in [3.8, 4) is 180 Å². The molecule has 0 amide bonds. The van der Waals surface area contributed by atoms with E-state index in [0.717, 1.165) is 134 Å². The minimum Gasteiger partial charge on any atom is -0.265 e. The maximum absolute atomic E-state index is 4.99. The van der Waals surface area contributed by atoms with Gasteiger partial charge in [0, 0.05) is 93.4 Å².